The molecule has 2 aromatic carbocycles. The lowest BCUT2D eigenvalue weighted by atomic mass is 10.0. The van der Waals surface area contributed by atoms with Crippen molar-refractivity contribution < 1.29 is 4.74 Å². The highest BCUT2D eigenvalue weighted by Crippen LogP contribution is 2.24. The van der Waals surface area contributed by atoms with Gasteiger partial charge in [-0.05, 0) is 34.4 Å². The molecule has 3 rings (SSSR count). The highest BCUT2D eigenvalue weighted by Gasteiger charge is 2.13. The van der Waals surface area contributed by atoms with Gasteiger partial charge in [0, 0.05) is 0 Å². The Kier molecular flexibility index (Phi) is 3.57. The first-order valence-electron chi connectivity index (χ1n) is 6.51. The van der Waals surface area contributed by atoms with Crippen molar-refractivity contribution in [3.05, 3.63) is 82.9 Å². The van der Waals surface area contributed by atoms with Gasteiger partial charge in [0.1, 0.15) is 0 Å². The van der Waals surface area contributed by atoms with Gasteiger partial charge in [-0.2, -0.15) is 0 Å². The first-order chi connectivity index (χ1) is 9.42. The summed E-state index contributed by atoms with van der Waals surface area (Å²) in [6.45, 7) is 1.40. The Labute approximate surface area is 113 Å². The predicted octanol–water partition coefficient (Wildman–Crippen LogP) is 4.18. The van der Waals surface area contributed by atoms with Gasteiger partial charge >= 0.3 is 0 Å². The molecule has 0 saturated carbocycles. The Morgan fingerprint density at radius 1 is 0.632 bits per heavy atom. The second-order valence-corrected chi connectivity index (χ2v) is 4.65. The van der Waals surface area contributed by atoms with E-state index < -0.39 is 0 Å². The summed E-state index contributed by atoms with van der Waals surface area (Å²) in [6.07, 6.45) is 4.42. The number of hydrogen-bond acceptors (Lipinski definition) is 1. The van der Waals surface area contributed by atoms with Gasteiger partial charge in [0.15, 0.2) is 0 Å². The van der Waals surface area contributed by atoms with Crippen LogP contribution in [0.5, 0.6) is 0 Å². The standard InChI is InChI=1S/C18H16O/c1-3-7-15(8-4-1)11-17-13-19-14-18(17)12-16-9-5-2-6-10-16/h1-12H,13-14H2/b17-11-,18-12+. The molecule has 1 saturated heterocycles. The van der Waals surface area contributed by atoms with Crippen molar-refractivity contribution in [2.24, 2.45) is 0 Å². The maximum Gasteiger partial charge on any atom is 0.0725 e. The molecule has 1 aliphatic rings. The summed E-state index contributed by atoms with van der Waals surface area (Å²) in [4.78, 5) is 0. The van der Waals surface area contributed by atoms with Crippen LogP contribution in [-0.2, 0) is 4.74 Å². The molecule has 2 aromatic rings. The lowest BCUT2D eigenvalue weighted by Gasteiger charge is -2.00. The van der Waals surface area contributed by atoms with E-state index >= 15 is 0 Å². The maximum atomic E-state index is 5.58. The first-order valence-corrected chi connectivity index (χ1v) is 6.51. The first kappa shape index (κ1) is 11.9. The molecule has 1 heteroatoms. The molecule has 1 heterocycles. The van der Waals surface area contributed by atoms with Crippen LogP contribution in [0, 0.1) is 0 Å². The third-order valence-electron chi connectivity index (χ3n) is 3.21. The van der Waals surface area contributed by atoms with Crippen molar-refractivity contribution in [2.45, 2.75) is 0 Å². The summed E-state index contributed by atoms with van der Waals surface area (Å²) < 4.78 is 5.58. The highest BCUT2D eigenvalue weighted by molar-refractivity contribution is 5.67. The molecular formula is C18H16O. The van der Waals surface area contributed by atoms with Crippen molar-refractivity contribution in [1.29, 1.82) is 0 Å². The van der Waals surface area contributed by atoms with E-state index in [2.05, 4.69) is 60.7 Å². The predicted molar refractivity (Wildman–Crippen MR) is 79.7 cm³/mol. The van der Waals surface area contributed by atoms with Crippen LogP contribution < -0.4 is 0 Å². The second-order valence-electron chi connectivity index (χ2n) is 4.65. The highest BCUT2D eigenvalue weighted by atomic mass is 16.5. The van der Waals surface area contributed by atoms with Crippen molar-refractivity contribution in [2.75, 3.05) is 13.2 Å². The number of hydrogen-bond donors (Lipinski definition) is 0. The Morgan fingerprint density at radius 2 is 1.05 bits per heavy atom. The van der Waals surface area contributed by atoms with Gasteiger partial charge in [-0.25, -0.2) is 0 Å². The van der Waals surface area contributed by atoms with E-state index in [1.165, 1.54) is 22.3 Å². The molecule has 0 amide bonds. The topological polar surface area (TPSA) is 9.23 Å². The zero-order valence-electron chi connectivity index (χ0n) is 10.8. The third kappa shape index (κ3) is 3.01. The van der Waals surface area contributed by atoms with Gasteiger partial charge in [-0.15, -0.1) is 0 Å². The molecule has 0 aromatic heterocycles. The Hall–Kier alpha value is -2.12. The molecule has 0 N–H and O–H groups in total. The van der Waals surface area contributed by atoms with Crippen molar-refractivity contribution in [1.82, 2.24) is 0 Å². The van der Waals surface area contributed by atoms with Crippen molar-refractivity contribution in [3.8, 4) is 0 Å². The molecule has 0 spiro atoms. The monoisotopic (exact) mass is 248 g/mol. The van der Waals surface area contributed by atoms with Gasteiger partial charge in [0.2, 0.25) is 0 Å². The maximum absolute atomic E-state index is 5.58. The summed E-state index contributed by atoms with van der Waals surface area (Å²) in [5, 5.41) is 0. The Morgan fingerprint density at radius 3 is 1.47 bits per heavy atom. The minimum atomic E-state index is 0.702. The molecule has 0 atom stereocenters. The van der Waals surface area contributed by atoms with Crippen LogP contribution >= 0.6 is 0 Å². The quantitative estimate of drug-likeness (QED) is 0.774. The molecule has 0 bridgehead atoms. The van der Waals surface area contributed by atoms with E-state index in [0.717, 1.165) is 0 Å². The van der Waals surface area contributed by atoms with Gasteiger partial charge in [0.25, 0.3) is 0 Å². The van der Waals surface area contributed by atoms with Crippen LogP contribution in [-0.4, -0.2) is 13.2 Å². The molecule has 1 fully saturated rings. The lowest BCUT2D eigenvalue weighted by Crippen LogP contribution is -1.86. The fourth-order valence-corrected chi connectivity index (χ4v) is 2.23. The van der Waals surface area contributed by atoms with E-state index in [9.17, 15) is 0 Å². The van der Waals surface area contributed by atoms with Crippen molar-refractivity contribution >= 4 is 12.2 Å². The molecule has 19 heavy (non-hydrogen) atoms. The Bertz CT molecular complexity index is 539. The molecule has 94 valence electrons. The van der Waals surface area contributed by atoms with Crippen LogP contribution in [0.2, 0.25) is 0 Å². The minimum absolute atomic E-state index is 0.702. The summed E-state index contributed by atoms with van der Waals surface area (Å²) in [7, 11) is 0. The van der Waals surface area contributed by atoms with Crippen LogP contribution in [0.1, 0.15) is 11.1 Å². The second kappa shape index (κ2) is 5.68. The summed E-state index contributed by atoms with van der Waals surface area (Å²) in [5.74, 6) is 0. The van der Waals surface area contributed by atoms with E-state index in [4.69, 9.17) is 4.74 Å². The van der Waals surface area contributed by atoms with Crippen molar-refractivity contribution in [3.63, 3.8) is 0 Å². The molecule has 0 aliphatic carbocycles. The van der Waals surface area contributed by atoms with Crippen LogP contribution in [0.3, 0.4) is 0 Å². The van der Waals surface area contributed by atoms with Crippen LogP contribution in [0.15, 0.2) is 71.8 Å². The largest absolute Gasteiger partial charge is 0.372 e. The van der Waals surface area contributed by atoms with Gasteiger partial charge in [0.05, 0.1) is 13.2 Å². The molecule has 1 aliphatic heterocycles. The normalized spacial score (nSPS) is 19.2. The van der Waals surface area contributed by atoms with E-state index in [-0.39, 0.29) is 0 Å². The fraction of sp³-hybridized carbons (Fsp3) is 0.111. The van der Waals surface area contributed by atoms with E-state index in [1.807, 2.05) is 12.1 Å². The number of benzene rings is 2. The summed E-state index contributed by atoms with van der Waals surface area (Å²) in [5.41, 5.74) is 4.99. The van der Waals surface area contributed by atoms with Crippen LogP contribution in [0.4, 0.5) is 0 Å². The smallest absolute Gasteiger partial charge is 0.0725 e. The average molecular weight is 248 g/mol. The average Bonchev–Trinajstić information content (AvgIpc) is 2.88. The molecule has 0 unspecified atom stereocenters. The number of rotatable bonds is 2. The van der Waals surface area contributed by atoms with Gasteiger partial charge in [-0.1, -0.05) is 60.7 Å². The summed E-state index contributed by atoms with van der Waals surface area (Å²) >= 11 is 0. The third-order valence-corrected chi connectivity index (χ3v) is 3.21. The van der Waals surface area contributed by atoms with E-state index in [1.54, 1.807) is 0 Å². The van der Waals surface area contributed by atoms with Gasteiger partial charge in [-0.3, -0.25) is 0 Å². The fourth-order valence-electron chi connectivity index (χ4n) is 2.23. The van der Waals surface area contributed by atoms with E-state index in [0.29, 0.717) is 13.2 Å². The molecule has 1 nitrogen and oxygen atoms in total. The lowest BCUT2D eigenvalue weighted by molar-refractivity contribution is 0.215. The molecule has 0 radical (unpaired) electrons. The van der Waals surface area contributed by atoms with Gasteiger partial charge < -0.3 is 4.74 Å². The SMILES string of the molecule is C(=C1/COC/C1=C/c1ccccc1)/c1ccccc1. The Balaban J connectivity index is 1.90. The minimum Gasteiger partial charge on any atom is -0.372 e. The number of ether oxygens (including phenoxy) is 1. The zero-order valence-corrected chi connectivity index (χ0v) is 10.8. The zero-order chi connectivity index (χ0) is 12.9. The van der Waals surface area contributed by atoms with Crippen LogP contribution in [0.25, 0.3) is 12.2 Å². The molecular weight excluding hydrogens is 232 g/mol. The summed E-state index contributed by atoms with van der Waals surface area (Å²) in [6, 6.07) is 20.8.